The molecule has 32 heavy (non-hydrogen) atoms. The van der Waals surface area contributed by atoms with Crippen molar-refractivity contribution in [3.8, 4) is 0 Å². The Kier molecular flexibility index (Phi) is 10.1. The highest BCUT2D eigenvalue weighted by atomic mass is 16.6. The van der Waals surface area contributed by atoms with E-state index in [1.807, 2.05) is 0 Å². The summed E-state index contributed by atoms with van der Waals surface area (Å²) in [5.74, 6) is -3.47. The maximum atomic E-state index is 13.0. The van der Waals surface area contributed by atoms with Crippen molar-refractivity contribution >= 4 is 29.8 Å². The van der Waals surface area contributed by atoms with Crippen molar-refractivity contribution in [3.63, 3.8) is 0 Å². The Morgan fingerprint density at radius 2 is 1.62 bits per heavy atom. The average molecular weight is 450 g/mol. The first-order chi connectivity index (χ1) is 14.9. The van der Waals surface area contributed by atoms with E-state index in [4.69, 9.17) is 15.6 Å². The Labute approximate surface area is 186 Å². The van der Waals surface area contributed by atoms with Crippen LogP contribution in [0.3, 0.4) is 0 Å². The average Bonchev–Trinajstić information content (AvgIpc) is 2.67. The number of alkyl carbamates (subject to hydrolysis) is 1. The zero-order chi connectivity index (χ0) is 24.3. The maximum Gasteiger partial charge on any atom is 0.408 e. The van der Waals surface area contributed by atoms with E-state index in [1.165, 1.54) is 0 Å². The number of rotatable bonds is 11. The van der Waals surface area contributed by atoms with Gasteiger partial charge in [0.25, 0.3) is 0 Å². The van der Waals surface area contributed by atoms with E-state index in [0.29, 0.717) is 0 Å². The number of amides is 4. The van der Waals surface area contributed by atoms with Gasteiger partial charge in [-0.1, -0.05) is 30.3 Å². The third-order valence-corrected chi connectivity index (χ3v) is 4.02. The van der Waals surface area contributed by atoms with Gasteiger partial charge in [0.05, 0.1) is 0 Å². The Hall–Kier alpha value is -3.63. The SMILES string of the molecule is CC(C)(C)OC(=O)N[C@@H](Cc1ccccc1)C(=O)N[C@@H](CCC(N)=O)C(=O)NCC(=O)O. The number of hydrogen-bond donors (Lipinski definition) is 5. The molecule has 0 heterocycles. The number of hydrogen-bond acceptors (Lipinski definition) is 6. The number of carboxylic acids is 1. The van der Waals surface area contributed by atoms with Crippen LogP contribution < -0.4 is 21.7 Å². The molecular weight excluding hydrogens is 420 g/mol. The van der Waals surface area contributed by atoms with Gasteiger partial charge in [-0.05, 0) is 32.8 Å². The molecule has 0 saturated heterocycles. The second-order valence-electron chi connectivity index (χ2n) is 8.07. The Balaban J connectivity index is 3.00. The normalized spacial score (nSPS) is 12.7. The van der Waals surface area contributed by atoms with Crippen LogP contribution >= 0.6 is 0 Å². The third-order valence-electron chi connectivity index (χ3n) is 4.02. The molecule has 176 valence electrons. The van der Waals surface area contributed by atoms with E-state index in [2.05, 4.69) is 16.0 Å². The van der Waals surface area contributed by atoms with Crippen molar-refractivity contribution in [2.24, 2.45) is 5.73 Å². The molecular formula is C21H30N4O7. The van der Waals surface area contributed by atoms with Crippen LogP contribution in [0.4, 0.5) is 4.79 Å². The topological polar surface area (TPSA) is 177 Å². The number of carbonyl (C=O) groups is 5. The summed E-state index contributed by atoms with van der Waals surface area (Å²) >= 11 is 0. The van der Waals surface area contributed by atoms with Crippen LogP contribution in [-0.4, -0.2) is 59.1 Å². The lowest BCUT2D eigenvalue weighted by atomic mass is 10.0. The monoisotopic (exact) mass is 450 g/mol. The van der Waals surface area contributed by atoms with Crippen molar-refractivity contribution in [3.05, 3.63) is 35.9 Å². The largest absolute Gasteiger partial charge is 0.480 e. The van der Waals surface area contributed by atoms with Crippen LogP contribution in [0.15, 0.2) is 30.3 Å². The number of carbonyl (C=O) groups excluding carboxylic acids is 4. The van der Waals surface area contributed by atoms with E-state index < -0.39 is 54.0 Å². The summed E-state index contributed by atoms with van der Waals surface area (Å²) in [5, 5.41) is 15.9. The Bertz CT molecular complexity index is 821. The zero-order valence-electron chi connectivity index (χ0n) is 18.3. The van der Waals surface area contributed by atoms with Crippen LogP contribution in [0.2, 0.25) is 0 Å². The molecule has 1 rings (SSSR count). The number of primary amides is 1. The highest BCUT2D eigenvalue weighted by molar-refractivity contribution is 5.92. The summed E-state index contributed by atoms with van der Waals surface area (Å²) in [6, 6.07) is 6.54. The molecule has 0 bridgehead atoms. The summed E-state index contributed by atoms with van der Waals surface area (Å²) in [7, 11) is 0. The number of nitrogens with two attached hydrogens (primary N) is 1. The summed E-state index contributed by atoms with van der Waals surface area (Å²) in [6.45, 7) is 4.36. The van der Waals surface area contributed by atoms with Crippen LogP contribution in [0.5, 0.6) is 0 Å². The fraction of sp³-hybridized carbons (Fsp3) is 0.476. The maximum absolute atomic E-state index is 13.0. The first-order valence-electron chi connectivity index (χ1n) is 9.99. The highest BCUT2D eigenvalue weighted by Crippen LogP contribution is 2.09. The molecule has 0 fully saturated rings. The number of aliphatic carboxylic acids is 1. The summed E-state index contributed by atoms with van der Waals surface area (Å²) in [4.78, 5) is 59.4. The second-order valence-corrected chi connectivity index (χ2v) is 8.07. The molecule has 4 amide bonds. The number of benzene rings is 1. The fourth-order valence-electron chi connectivity index (χ4n) is 2.62. The van der Waals surface area contributed by atoms with Gasteiger partial charge in [-0.2, -0.15) is 0 Å². The van der Waals surface area contributed by atoms with Gasteiger partial charge in [0.15, 0.2) is 0 Å². The minimum Gasteiger partial charge on any atom is -0.480 e. The van der Waals surface area contributed by atoms with Gasteiger partial charge in [-0.15, -0.1) is 0 Å². The molecule has 0 aliphatic heterocycles. The number of nitrogens with one attached hydrogen (secondary N) is 3. The van der Waals surface area contributed by atoms with Crippen molar-refractivity contribution in [1.29, 1.82) is 0 Å². The minimum absolute atomic E-state index is 0.102. The lowest BCUT2D eigenvalue weighted by Gasteiger charge is -2.25. The molecule has 0 unspecified atom stereocenters. The van der Waals surface area contributed by atoms with Gasteiger partial charge in [-0.3, -0.25) is 19.2 Å². The van der Waals surface area contributed by atoms with Gasteiger partial charge in [0.1, 0.15) is 24.2 Å². The molecule has 0 spiro atoms. The minimum atomic E-state index is -1.27. The molecule has 6 N–H and O–H groups in total. The van der Waals surface area contributed by atoms with Crippen LogP contribution in [0, 0.1) is 0 Å². The van der Waals surface area contributed by atoms with Crippen LogP contribution in [0.1, 0.15) is 39.2 Å². The van der Waals surface area contributed by atoms with E-state index in [-0.39, 0.29) is 19.3 Å². The number of carboxylic acid groups (broad SMARTS) is 1. The molecule has 0 saturated carbocycles. The van der Waals surface area contributed by atoms with E-state index in [1.54, 1.807) is 51.1 Å². The molecule has 11 nitrogen and oxygen atoms in total. The van der Waals surface area contributed by atoms with Gasteiger partial charge < -0.3 is 31.5 Å². The van der Waals surface area contributed by atoms with Crippen molar-refractivity contribution in [1.82, 2.24) is 16.0 Å². The molecule has 1 aromatic rings. The quantitative estimate of drug-likeness (QED) is 0.317. The molecule has 0 aliphatic rings. The predicted octanol–water partition coefficient (Wildman–Crippen LogP) is 0.0735. The first-order valence-corrected chi connectivity index (χ1v) is 9.99. The molecule has 11 heteroatoms. The smallest absolute Gasteiger partial charge is 0.408 e. The lowest BCUT2D eigenvalue weighted by molar-refractivity contribution is -0.138. The van der Waals surface area contributed by atoms with Crippen molar-refractivity contribution in [2.45, 2.75) is 57.7 Å². The standard InChI is InChI=1S/C21H30N4O7/c1-21(2,3)32-20(31)25-15(11-13-7-5-4-6-8-13)19(30)24-14(9-10-16(22)26)18(29)23-12-17(27)28/h4-8,14-15H,9-12H2,1-3H3,(H2,22,26)(H,23,29)(H,24,30)(H,25,31)(H,27,28)/t14-,15-/m0/s1. The van der Waals surface area contributed by atoms with Crippen molar-refractivity contribution < 1.29 is 33.8 Å². The van der Waals surface area contributed by atoms with Crippen LogP contribution in [-0.2, 0) is 30.3 Å². The fourth-order valence-corrected chi connectivity index (χ4v) is 2.62. The highest BCUT2D eigenvalue weighted by Gasteiger charge is 2.29. The molecule has 0 aliphatic carbocycles. The lowest BCUT2D eigenvalue weighted by Crippen LogP contribution is -2.55. The predicted molar refractivity (Wildman–Crippen MR) is 114 cm³/mol. The Morgan fingerprint density at radius 3 is 2.16 bits per heavy atom. The summed E-state index contributed by atoms with van der Waals surface area (Å²) in [6.07, 6.45) is -1.08. The molecule has 0 aromatic heterocycles. The van der Waals surface area contributed by atoms with Gasteiger partial charge in [-0.25, -0.2) is 4.79 Å². The molecule has 0 radical (unpaired) electrons. The summed E-state index contributed by atoms with van der Waals surface area (Å²) in [5.41, 5.74) is 5.08. The van der Waals surface area contributed by atoms with E-state index in [0.717, 1.165) is 5.56 Å². The summed E-state index contributed by atoms with van der Waals surface area (Å²) < 4.78 is 5.22. The van der Waals surface area contributed by atoms with Gasteiger partial charge >= 0.3 is 12.1 Å². The van der Waals surface area contributed by atoms with E-state index >= 15 is 0 Å². The van der Waals surface area contributed by atoms with Crippen molar-refractivity contribution in [2.75, 3.05) is 6.54 Å². The third kappa shape index (κ3) is 11.0. The molecule has 2 atom stereocenters. The van der Waals surface area contributed by atoms with E-state index in [9.17, 15) is 24.0 Å². The van der Waals surface area contributed by atoms with Gasteiger partial charge in [0, 0.05) is 12.8 Å². The zero-order valence-corrected chi connectivity index (χ0v) is 18.3. The molecule has 1 aromatic carbocycles. The number of ether oxygens (including phenoxy) is 1. The van der Waals surface area contributed by atoms with Crippen LogP contribution in [0.25, 0.3) is 0 Å². The first kappa shape index (κ1) is 26.4. The second kappa shape index (κ2) is 12.3. The van der Waals surface area contributed by atoms with Gasteiger partial charge in [0.2, 0.25) is 17.7 Å². The Morgan fingerprint density at radius 1 is 1.00 bits per heavy atom.